The molecule has 0 radical (unpaired) electrons. The number of nitrogens with one attached hydrogen (secondary N) is 1. The highest BCUT2D eigenvalue weighted by Gasteiger charge is 2.40. The number of amides is 1. The molecule has 3 aliphatic rings. The Labute approximate surface area is 144 Å². The van der Waals surface area contributed by atoms with Crippen LogP contribution >= 0.6 is 0 Å². The van der Waals surface area contributed by atoms with Gasteiger partial charge in [0.05, 0.1) is 6.61 Å². The molecule has 3 N–H and O–H groups in total. The molecule has 24 heavy (non-hydrogen) atoms. The van der Waals surface area contributed by atoms with Crippen LogP contribution in [-0.4, -0.2) is 25.1 Å². The summed E-state index contributed by atoms with van der Waals surface area (Å²) in [7, 11) is 0. The Kier molecular flexibility index (Phi) is 4.49. The molecule has 1 amide bonds. The fraction of sp³-hybridized carbons (Fsp3) is 0.650. The first kappa shape index (κ1) is 15.9. The highest BCUT2D eigenvalue weighted by Crippen LogP contribution is 2.41. The molecule has 4 heteroatoms. The van der Waals surface area contributed by atoms with Gasteiger partial charge in [0.2, 0.25) is 5.91 Å². The van der Waals surface area contributed by atoms with Gasteiger partial charge in [0, 0.05) is 24.9 Å². The van der Waals surface area contributed by atoms with E-state index in [1.54, 1.807) is 0 Å². The monoisotopic (exact) mass is 328 g/mol. The molecule has 4 rings (SSSR count). The van der Waals surface area contributed by atoms with E-state index in [9.17, 15) is 4.79 Å². The van der Waals surface area contributed by atoms with E-state index in [0.29, 0.717) is 17.9 Å². The molecule has 0 aromatic heterocycles. The van der Waals surface area contributed by atoms with Gasteiger partial charge in [0.1, 0.15) is 5.75 Å². The summed E-state index contributed by atoms with van der Waals surface area (Å²) in [6.07, 6.45) is 7.56. The summed E-state index contributed by atoms with van der Waals surface area (Å²) >= 11 is 0. The van der Waals surface area contributed by atoms with Gasteiger partial charge >= 0.3 is 0 Å². The number of fused-ring (bicyclic) bond motifs is 3. The molecule has 2 saturated carbocycles. The molecule has 2 atom stereocenters. The van der Waals surface area contributed by atoms with Crippen LogP contribution in [0.1, 0.15) is 43.2 Å². The van der Waals surface area contributed by atoms with Crippen molar-refractivity contribution < 1.29 is 9.53 Å². The van der Waals surface area contributed by atoms with Crippen LogP contribution in [0.2, 0.25) is 0 Å². The van der Waals surface area contributed by atoms with Gasteiger partial charge in [-0.05, 0) is 61.1 Å². The highest BCUT2D eigenvalue weighted by atomic mass is 16.5. The number of rotatable bonds is 4. The number of benzene rings is 1. The van der Waals surface area contributed by atoms with Crippen molar-refractivity contribution >= 4 is 5.91 Å². The van der Waals surface area contributed by atoms with Crippen molar-refractivity contribution in [2.45, 2.75) is 51.0 Å². The zero-order valence-electron chi connectivity index (χ0n) is 14.3. The zero-order chi connectivity index (χ0) is 16.5. The third-order valence-electron chi connectivity index (χ3n) is 6.25. The molecule has 1 heterocycles. The number of ether oxygens (including phenoxy) is 1. The minimum atomic E-state index is 0.175. The van der Waals surface area contributed by atoms with Crippen LogP contribution < -0.4 is 15.8 Å². The lowest BCUT2D eigenvalue weighted by atomic mass is 9.65. The Bertz CT molecular complexity index is 602. The molecule has 4 nitrogen and oxygen atoms in total. The summed E-state index contributed by atoms with van der Waals surface area (Å²) in [6, 6.07) is 6.72. The van der Waals surface area contributed by atoms with Gasteiger partial charge in [-0.2, -0.15) is 0 Å². The van der Waals surface area contributed by atoms with Crippen LogP contribution in [0.25, 0.3) is 0 Å². The van der Waals surface area contributed by atoms with Crippen LogP contribution in [-0.2, 0) is 17.6 Å². The van der Waals surface area contributed by atoms with Crippen molar-refractivity contribution in [3.05, 3.63) is 29.3 Å². The Morgan fingerprint density at radius 3 is 2.83 bits per heavy atom. The number of nitrogens with two attached hydrogens (primary N) is 1. The molecule has 2 fully saturated rings. The van der Waals surface area contributed by atoms with Gasteiger partial charge in [-0.3, -0.25) is 4.79 Å². The molecule has 0 saturated heterocycles. The SMILES string of the molecule is NC1C2CCCC1CC(C(=O)NCCc1ccc3c(c1)CCO3)C2. The molecule has 1 aromatic carbocycles. The maximum atomic E-state index is 12.5. The van der Waals surface area contributed by atoms with E-state index < -0.39 is 0 Å². The van der Waals surface area contributed by atoms with E-state index in [0.717, 1.165) is 44.6 Å². The minimum absolute atomic E-state index is 0.175. The van der Waals surface area contributed by atoms with Gasteiger partial charge in [-0.25, -0.2) is 0 Å². The van der Waals surface area contributed by atoms with Crippen molar-refractivity contribution in [1.82, 2.24) is 5.32 Å². The summed E-state index contributed by atoms with van der Waals surface area (Å²) in [6.45, 7) is 1.51. The molecule has 130 valence electrons. The molecule has 2 bridgehead atoms. The average Bonchev–Trinajstić information content (AvgIpc) is 3.02. The van der Waals surface area contributed by atoms with E-state index in [4.69, 9.17) is 10.5 Å². The Balaban J connectivity index is 1.28. The summed E-state index contributed by atoms with van der Waals surface area (Å²) < 4.78 is 5.54. The summed E-state index contributed by atoms with van der Waals surface area (Å²) in [5.74, 6) is 2.56. The maximum absolute atomic E-state index is 12.5. The Morgan fingerprint density at radius 1 is 1.25 bits per heavy atom. The Hall–Kier alpha value is -1.55. The first-order valence-corrected chi connectivity index (χ1v) is 9.48. The highest BCUT2D eigenvalue weighted by molar-refractivity contribution is 5.78. The second kappa shape index (κ2) is 6.75. The normalized spacial score (nSPS) is 31.2. The van der Waals surface area contributed by atoms with Crippen LogP contribution in [0.5, 0.6) is 5.75 Å². The fourth-order valence-electron chi connectivity index (χ4n) is 4.87. The first-order chi connectivity index (χ1) is 11.7. The molecule has 1 aromatic rings. The zero-order valence-corrected chi connectivity index (χ0v) is 14.3. The van der Waals surface area contributed by atoms with Crippen LogP contribution in [0.15, 0.2) is 18.2 Å². The van der Waals surface area contributed by atoms with Crippen molar-refractivity contribution in [2.75, 3.05) is 13.2 Å². The van der Waals surface area contributed by atoms with Gasteiger partial charge in [-0.15, -0.1) is 0 Å². The number of carbonyl (C=O) groups is 1. The first-order valence-electron chi connectivity index (χ1n) is 9.48. The second-order valence-corrected chi connectivity index (χ2v) is 7.78. The molecular weight excluding hydrogens is 300 g/mol. The van der Waals surface area contributed by atoms with Gasteiger partial charge < -0.3 is 15.8 Å². The quantitative estimate of drug-likeness (QED) is 0.892. The number of hydrogen-bond acceptors (Lipinski definition) is 3. The van der Waals surface area contributed by atoms with E-state index in [2.05, 4.69) is 23.5 Å². The predicted octanol–water partition coefficient (Wildman–Crippen LogP) is 2.43. The lowest BCUT2D eigenvalue weighted by Crippen LogP contribution is -2.49. The minimum Gasteiger partial charge on any atom is -0.493 e. The van der Waals surface area contributed by atoms with Crippen molar-refractivity contribution in [3.8, 4) is 5.75 Å². The summed E-state index contributed by atoms with van der Waals surface area (Å²) in [5.41, 5.74) is 8.90. The topological polar surface area (TPSA) is 64.4 Å². The van der Waals surface area contributed by atoms with E-state index in [1.807, 2.05) is 0 Å². The van der Waals surface area contributed by atoms with E-state index in [1.165, 1.54) is 30.4 Å². The molecule has 2 unspecified atom stereocenters. The Morgan fingerprint density at radius 2 is 2.04 bits per heavy atom. The molecule has 1 aliphatic heterocycles. The van der Waals surface area contributed by atoms with Crippen molar-refractivity contribution in [2.24, 2.45) is 23.5 Å². The largest absolute Gasteiger partial charge is 0.493 e. The fourth-order valence-corrected chi connectivity index (χ4v) is 4.87. The smallest absolute Gasteiger partial charge is 0.223 e. The molecular formula is C20H28N2O2. The van der Waals surface area contributed by atoms with Crippen LogP contribution in [0.4, 0.5) is 0 Å². The lowest BCUT2D eigenvalue weighted by molar-refractivity contribution is -0.127. The summed E-state index contributed by atoms with van der Waals surface area (Å²) in [4.78, 5) is 12.5. The molecule has 0 spiro atoms. The maximum Gasteiger partial charge on any atom is 0.223 e. The van der Waals surface area contributed by atoms with E-state index >= 15 is 0 Å². The number of carbonyl (C=O) groups excluding carboxylic acids is 1. The van der Waals surface area contributed by atoms with Crippen molar-refractivity contribution in [1.29, 1.82) is 0 Å². The predicted molar refractivity (Wildman–Crippen MR) is 93.9 cm³/mol. The van der Waals surface area contributed by atoms with Gasteiger partial charge in [0.15, 0.2) is 0 Å². The molecule has 2 aliphatic carbocycles. The number of hydrogen-bond donors (Lipinski definition) is 2. The lowest BCUT2D eigenvalue weighted by Gasteiger charge is -2.43. The van der Waals surface area contributed by atoms with Crippen LogP contribution in [0, 0.1) is 17.8 Å². The standard InChI is InChI=1S/C20H28N2O2/c21-19-15-2-1-3-16(19)12-17(11-15)20(23)22-8-6-13-4-5-18-14(10-13)7-9-24-18/h4-5,10,15-17,19H,1-3,6-9,11-12,21H2,(H,22,23). The van der Waals surface area contributed by atoms with Gasteiger partial charge in [-0.1, -0.05) is 18.6 Å². The van der Waals surface area contributed by atoms with Gasteiger partial charge in [0.25, 0.3) is 0 Å². The second-order valence-electron chi connectivity index (χ2n) is 7.78. The third-order valence-corrected chi connectivity index (χ3v) is 6.25. The summed E-state index contributed by atoms with van der Waals surface area (Å²) in [5, 5.41) is 3.16. The third kappa shape index (κ3) is 3.16. The van der Waals surface area contributed by atoms with Crippen LogP contribution in [0.3, 0.4) is 0 Å². The van der Waals surface area contributed by atoms with Crippen molar-refractivity contribution in [3.63, 3.8) is 0 Å². The van der Waals surface area contributed by atoms with E-state index in [-0.39, 0.29) is 11.8 Å². The average molecular weight is 328 g/mol.